The van der Waals surface area contributed by atoms with E-state index in [0.717, 1.165) is 11.0 Å². The molecule has 0 spiro atoms. The van der Waals surface area contributed by atoms with Crippen molar-refractivity contribution in [3.63, 3.8) is 0 Å². The first-order valence-electron chi connectivity index (χ1n) is 8.59. The number of nitrogens with zero attached hydrogens (tertiary/aromatic N) is 4. The molecule has 2 N–H and O–H groups in total. The molecule has 0 aliphatic carbocycles. The van der Waals surface area contributed by atoms with Crippen LogP contribution in [0.4, 0.5) is 0 Å². The average molecular weight is 335 g/mol. The number of para-hydroxylation sites is 1. The Balaban J connectivity index is 1.40. The molecular weight excluding hydrogens is 314 g/mol. The molecule has 0 radical (unpaired) electrons. The SMILES string of the molecule is NC1CN(C(=O)CCn2nnc3ccccc32)CC1c1ccccc1. The summed E-state index contributed by atoms with van der Waals surface area (Å²) in [7, 11) is 0. The molecule has 1 aromatic heterocycles. The molecule has 25 heavy (non-hydrogen) atoms. The number of nitrogens with two attached hydrogens (primary N) is 1. The molecule has 1 aliphatic rings. The molecule has 1 fully saturated rings. The van der Waals surface area contributed by atoms with Gasteiger partial charge in [-0.15, -0.1) is 5.10 Å². The standard InChI is InChI=1S/C19H21N5O/c20-16-13-23(12-15(16)14-6-2-1-3-7-14)19(25)10-11-24-18-9-5-4-8-17(18)21-22-24/h1-9,15-16H,10-13,20H2. The van der Waals surface area contributed by atoms with Crippen molar-refractivity contribution >= 4 is 16.9 Å². The number of fused-ring (bicyclic) bond motifs is 1. The summed E-state index contributed by atoms with van der Waals surface area (Å²) < 4.78 is 1.79. The van der Waals surface area contributed by atoms with Gasteiger partial charge in [0, 0.05) is 31.5 Å². The summed E-state index contributed by atoms with van der Waals surface area (Å²) in [5.41, 5.74) is 9.29. The predicted octanol–water partition coefficient (Wildman–Crippen LogP) is 1.77. The van der Waals surface area contributed by atoms with Gasteiger partial charge in [-0.25, -0.2) is 4.68 Å². The van der Waals surface area contributed by atoms with Crippen LogP contribution in [0.2, 0.25) is 0 Å². The third-order valence-electron chi connectivity index (χ3n) is 4.90. The quantitative estimate of drug-likeness (QED) is 0.788. The number of amides is 1. The molecule has 0 bridgehead atoms. The van der Waals surface area contributed by atoms with Crippen LogP contribution in [0.1, 0.15) is 17.9 Å². The van der Waals surface area contributed by atoms with Gasteiger partial charge < -0.3 is 10.6 Å². The van der Waals surface area contributed by atoms with Gasteiger partial charge in [0.15, 0.2) is 0 Å². The number of benzene rings is 2. The van der Waals surface area contributed by atoms with E-state index in [1.54, 1.807) is 4.68 Å². The van der Waals surface area contributed by atoms with Gasteiger partial charge in [-0.2, -0.15) is 0 Å². The molecular formula is C19H21N5O. The molecule has 128 valence electrons. The van der Waals surface area contributed by atoms with E-state index < -0.39 is 0 Å². The van der Waals surface area contributed by atoms with Crippen molar-refractivity contribution in [3.8, 4) is 0 Å². The van der Waals surface area contributed by atoms with Crippen LogP contribution in [0.3, 0.4) is 0 Å². The Kier molecular flexibility index (Phi) is 4.19. The van der Waals surface area contributed by atoms with E-state index in [9.17, 15) is 4.79 Å². The lowest BCUT2D eigenvalue weighted by Gasteiger charge is -2.16. The second-order valence-corrected chi connectivity index (χ2v) is 6.53. The lowest BCUT2D eigenvalue weighted by atomic mass is 9.95. The zero-order chi connectivity index (χ0) is 17.2. The second kappa shape index (κ2) is 6.64. The molecule has 1 amide bonds. The van der Waals surface area contributed by atoms with Gasteiger partial charge in [-0.05, 0) is 17.7 Å². The van der Waals surface area contributed by atoms with Gasteiger partial charge in [0.05, 0.1) is 12.1 Å². The third kappa shape index (κ3) is 3.13. The van der Waals surface area contributed by atoms with Gasteiger partial charge in [0.2, 0.25) is 5.91 Å². The second-order valence-electron chi connectivity index (χ2n) is 6.53. The highest BCUT2D eigenvalue weighted by atomic mass is 16.2. The van der Waals surface area contributed by atoms with Gasteiger partial charge in [-0.1, -0.05) is 47.7 Å². The van der Waals surface area contributed by atoms with Crippen LogP contribution in [-0.4, -0.2) is 44.9 Å². The molecule has 6 nitrogen and oxygen atoms in total. The zero-order valence-corrected chi connectivity index (χ0v) is 14.0. The van der Waals surface area contributed by atoms with Crippen molar-refractivity contribution < 1.29 is 4.79 Å². The summed E-state index contributed by atoms with van der Waals surface area (Å²) in [4.78, 5) is 14.5. The number of hydrogen-bond donors (Lipinski definition) is 1. The smallest absolute Gasteiger partial charge is 0.224 e. The van der Waals surface area contributed by atoms with Gasteiger partial charge in [0.1, 0.15) is 5.52 Å². The highest BCUT2D eigenvalue weighted by Crippen LogP contribution is 2.26. The van der Waals surface area contributed by atoms with Crippen LogP contribution < -0.4 is 5.73 Å². The zero-order valence-electron chi connectivity index (χ0n) is 14.0. The lowest BCUT2D eigenvalue weighted by molar-refractivity contribution is -0.130. The Morgan fingerprint density at radius 3 is 2.68 bits per heavy atom. The summed E-state index contributed by atoms with van der Waals surface area (Å²) in [5.74, 6) is 0.325. The van der Waals surface area contributed by atoms with Crippen LogP contribution in [0.5, 0.6) is 0 Å². The molecule has 2 aromatic carbocycles. The van der Waals surface area contributed by atoms with E-state index in [1.165, 1.54) is 5.56 Å². The normalized spacial score (nSPS) is 20.3. The van der Waals surface area contributed by atoms with E-state index in [1.807, 2.05) is 47.4 Å². The third-order valence-corrected chi connectivity index (χ3v) is 4.90. The van der Waals surface area contributed by atoms with Crippen LogP contribution >= 0.6 is 0 Å². The summed E-state index contributed by atoms with van der Waals surface area (Å²) >= 11 is 0. The fraction of sp³-hybridized carbons (Fsp3) is 0.316. The van der Waals surface area contributed by atoms with Crippen molar-refractivity contribution in [1.29, 1.82) is 0 Å². The van der Waals surface area contributed by atoms with E-state index in [0.29, 0.717) is 26.1 Å². The minimum atomic E-state index is -0.0152. The Hall–Kier alpha value is -2.73. The van der Waals surface area contributed by atoms with E-state index >= 15 is 0 Å². The van der Waals surface area contributed by atoms with E-state index in [-0.39, 0.29) is 17.9 Å². The molecule has 2 heterocycles. The fourth-order valence-electron chi connectivity index (χ4n) is 3.53. The summed E-state index contributed by atoms with van der Waals surface area (Å²) in [5, 5.41) is 8.27. The van der Waals surface area contributed by atoms with Crippen molar-refractivity contribution in [1.82, 2.24) is 19.9 Å². The summed E-state index contributed by atoms with van der Waals surface area (Å²) in [6, 6.07) is 18.0. The Labute approximate surface area is 146 Å². The first kappa shape index (κ1) is 15.8. The Bertz CT molecular complexity index is 876. The van der Waals surface area contributed by atoms with Gasteiger partial charge >= 0.3 is 0 Å². The number of hydrogen-bond acceptors (Lipinski definition) is 4. The molecule has 1 saturated heterocycles. The Morgan fingerprint density at radius 2 is 1.84 bits per heavy atom. The van der Waals surface area contributed by atoms with E-state index in [2.05, 4.69) is 22.4 Å². The van der Waals surface area contributed by atoms with Crippen molar-refractivity contribution in [2.75, 3.05) is 13.1 Å². The van der Waals surface area contributed by atoms with Crippen LogP contribution in [0, 0.1) is 0 Å². The maximum atomic E-state index is 12.6. The number of aryl methyl sites for hydroxylation is 1. The number of carbonyl (C=O) groups excluding carboxylic acids is 1. The van der Waals surface area contributed by atoms with Crippen molar-refractivity contribution in [2.24, 2.45) is 5.73 Å². The molecule has 4 rings (SSSR count). The molecule has 2 atom stereocenters. The Morgan fingerprint density at radius 1 is 1.08 bits per heavy atom. The number of aromatic nitrogens is 3. The van der Waals surface area contributed by atoms with Crippen LogP contribution in [0.25, 0.3) is 11.0 Å². The largest absolute Gasteiger partial charge is 0.340 e. The topological polar surface area (TPSA) is 77.0 Å². The number of carbonyl (C=O) groups is 1. The molecule has 3 aromatic rings. The fourth-order valence-corrected chi connectivity index (χ4v) is 3.53. The monoisotopic (exact) mass is 335 g/mol. The number of likely N-dealkylation sites (tertiary alicyclic amines) is 1. The molecule has 2 unspecified atom stereocenters. The highest BCUT2D eigenvalue weighted by molar-refractivity contribution is 5.77. The van der Waals surface area contributed by atoms with E-state index in [4.69, 9.17) is 5.73 Å². The first-order chi connectivity index (χ1) is 12.2. The predicted molar refractivity (Wildman–Crippen MR) is 95.9 cm³/mol. The van der Waals surface area contributed by atoms with Crippen molar-refractivity contribution in [2.45, 2.75) is 24.9 Å². The minimum Gasteiger partial charge on any atom is -0.340 e. The maximum absolute atomic E-state index is 12.6. The van der Waals surface area contributed by atoms with Gasteiger partial charge in [0.25, 0.3) is 0 Å². The average Bonchev–Trinajstić information content (AvgIpc) is 3.24. The molecule has 6 heteroatoms. The van der Waals surface area contributed by atoms with Crippen LogP contribution in [-0.2, 0) is 11.3 Å². The lowest BCUT2D eigenvalue weighted by Crippen LogP contribution is -2.32. The van der Waals surface area contributed by atoms with Crippen LogP contribution in [0.15, 0.2) is 54.6 Å². The summed E-state index contributed by atoms with van der Waals surface area (Å²) in [6.45, 7) is 1.82. The van der Waals surface area contributed by atoms with Crippen molar-refractivity contribution in [3.05, 3.63) is 60.2 Å². The molecule has 1 aliphatic heterocycles. The summed E-state index contributed by atoms with van der Waals surface area (Å²) in [6.07, 6.45) is 0.404. The minimum absolute atomic E-state index is 0.0152. The highest BCUT2D eigenvalue weighted by Gasteiger charge is 2.33. The number of rotatable bonds is 4. The first-order valence-corrected chi connectivity index (χ1v) is 8.59. The maximum Gasteiger partial charge on any atom is 0.224 e. The van der Waals surface area contributed by atoms with Gasteiger partial charge in [-0.3, -0.25) is 4.79 Å². The molecule has 0 saturated carbocycles.